The van der Waals surface area contributed by atoms with Gasteiger partial charge in [-0.25, -0.2) is 19.7 Å². The number of halogens is 2. The Hall–Kier alpha value is -3.50. The number of carboxylic acids is 1. The molecule has 2 aromatic heterocycles. The maximum absolute atomic E-state index is 11.5. The second-order valence-corrected chi connectivity index (χ2v) is 6.72. The number of aromatic nitrogens is 3. The van der Waals surface area contributed by atoms with Crippen LogP contribution < -0.4 is 10.6 Å². The molecule has 0 aliphatic heterocycles. The summed E-state index contributed by atoms with van der Waals surface area (Å²) in [5.74, 6) is -0.478. The van der Waals surface area contributed by atoms with Gasteiger partial charge in [-0.15, -0.1) is 0 Å². The number of hydrogen-bond donors (Lipinski definition) is 3. The van der Waals surface area contributed by atoms with Crippen molar-refractivity contribution in [3.63, 3.8) is 0 Å². The highest BCUT2D eigenvalue weighted by atomic mass is 35.5. The standard InChI is InChI=1S/C18H14Cl2N6O4/c19-13-3-1-10(7-14(13)20)16-12(17(27)28)9-24-18(25-16)22-6-5-21-15-4-2-11(8-23-15)26(29)30/h1-4,7-9H,5-6H2,(H,21,23)(H,27,28)(H,22,24,25). The van der Waals surface area contributed by atoms with E-state index >= 15 is 0 Å². The Kier molecular flexibility index (Phi) is 6.60. The lowest BCUT2D eigenvalue weighted by Crippen LogP contribution is -2.16. The summed E-state index contributed by atoms with van der Waals surface area (Å²) in [6.45, 7) is 0.795. The van der Waals surface area contributed by atoms with E-state index in [4.69, 9.17) is 23.2 Å². The number of carboxylic acid groups (broad SMARTS) is 1. The van der Waals surface area contributed by atoms with E-state index in [0.717, 1.165) is 6.20 Å². The number of nitrogens with zero attached hydrogens (tertiary/aromatic N) is 4. The van der Waals surface area contributed by atoms with Gasteiger partial charge in [-0.1, -0.05) is 29.3 Å². The van der Waals surface area contributed by atoms with Gasteiger partial charge in [-0.2, -0.15) is 0 Å². The molecule has 154 valence electrons. The molecule has 0 aliphatic carbocycles. The zero-order valence-electron chi connectivity index (χ0n) is 15.2. The van der Waals surface area contributed by atoms with Crippen molar-refractivity contribution in [2.45, 2.75) is 0 Å². The van der Waals surface area contributed by atoms with Gasteiger partial charge in [-0.3, -0.25) is 10.1 Å². The van der Waals surface area contributed by atoms with Gasteiger partial charge in [0.05, 0.1) is 20.7 Å². The molecule has 12 heteroatoms. The molecule has 30 heavy (non-hydrogen) atoms. The minimum atomic E-state index is -1.17. The lowest BCUT2D eigenvalue weighted by molar-refractivity contribution is -0.385. The number of pyridine rings is 1. The van der Waals surface area contributed by atoms with Crippen LogP contribution in [0.3, 0.4) is 0 Å². The van der Waals surface area contributed by atoms with Crippen LogP contribution >= 0.6 is 23.2 Å². The number of carbonyl (C=O) groups is 1. The zero-order valence-corrected chi connectivity index (χ0v) is 16.7. The van der Waals surface area contributed by atoms with E-state index in [2.05, 4.69) is 25.6 Å². The summed E-state index contributed by atoms with van der Waals surface area (Å²) in [7, 11) is 0. The Balaban J connectivity index is 1.68. The first-order chi connectivity index (χ1) is 14.3. The quantitative estimate of drug-likeness (QED) is 0.264. The van der Waals surface area contributed by atoms with Crippen molar-refractivity contribution in [1.82, 2.24) is 15.0 Å². The average Bonchev–Trinajstić information content (AvgIpc) is 2.73. The van der Waals surface area contributed by atoms with Crippen LogP contribution in [-0.4, -0.2) is 44.0 Å². The molecule has 3 rings (SSSR count). The van der Waals surface area contributed by atoms with E-state index in [-0.39, 0.29) is 27.9 Å². The molecule has 2 heterocycles. The number of aromatic carboxylic acids is 1. The molecule has 1 aromatic carbocycles. The van der Waals surface area contributed by atoms with Gasteiger partial charge in [0, 0.05) is 30.9 Å². The van der Waals surface area contributed by atoms with Crippen LogP contribution in [0.5, 0.6) is 0 Å². The Bertz CT molecular complexity index is 1090. The van der Waals surface area contributed by atoms with Gasteiger partial charge < -0.3 is 15.7 Å². The van der Waals surface area contributed by atoms with Gasteiger partial charge in [0.1, 0.15) is 17.6 Å². The van der Waals surface area contributed by atoms with E-state index in [9.17, 15) is 20.0 Å². The third-order valence-corrected chi connectivity index (χ3v) is 4.62. The molecule has 0 bridgehead atoms. The third kappa shape index (κ3) is 5.10. The molecule has 0 spiro atoms. The van der Waals surface area contributed by atoms with Crippen LogP contribution in [-0.2, 0) is 0 Å². The highest BCUT2D eigenvalue weighted by Gasteiger charge is 2.16. The van der Waals surface area contributed by atoms with Gasteiger partial charge in [0.15, 0.2) is 0 Å². The molecule has 0 saturated carbocycles. The molecule has 0 radical (unpaired) electrons. The van der Waals surface area contributed by atoms with Crippen molar-refractivity contribution < 1.29 is 14.8 Å². The predicted octanol–water partition coefficient (Wildman–Crippen LogP) is 3.98. The van der Waals surface area contributed by atoms with Crippen molar-refractivity contribution in [1.29, 1.82) is 0 Å². The molecular weight excluding hydrogens is 435 g/mol. The lowest BCUT2D eigenvalue weighted by Gasteiger charge is -2.10. The van der Waals surface area contributed by atoms with Gasteiger partial charge >= 0.3 is 5.97 Å². The lowest BCUT2D eigenvalue weighted by atomic mass is 10.1. The van der Waals surface area contributed by atoms with Crippen molar-refractivity contribution in [3.8, 4) is 11.3 Å². The minimum Gasteiger partial charge on any atom is -0.478 e. The molecular formula is C18H14Cl2N6O4. The Morgan fingerprint density at radius 1 is 1.07 bits per heavy atom. The van der Waals surface area contributed by atoms with Crippen molar-refractivity contribution in [2.24, 2.45) is 0 Å². The van der Waals surface area contributed by atoms with Crippen molar-refractivity contribution in [2.75, 3.05) is 23.7 Å². The summed E-state index contributed by atoms with van der Waals surface area (Å²) in [5, 5.41) is 26.6. The maximum atomic E-state index is 11.5. The first-order valence-electron chi connectivity index (χ1n) is 8.49. The van der Waals surface area contributed by atoms with E-state index < -0.39 is 10.9 Å². The molecule has 0 unspecified atom stereocenters. The molecule has 0 fully saturated rings. The van der Waals surface area contributed by atoms with Gasteiger partial charge in [0.25, 0.3) is 5.69 Å². The normalized spacial score (nSPS) is 10.5. The summed E-state index contributed by atoms with van der Waals surface area (Å²) in [4.78, 5) is 33.9. The smallest absolute Gasteiger partial charge is 0.339 e. The average molecular weight is 449 g/mol. The molecule has 0 aliphatic rings. The van der Waals surface area contributed by atoms with Crippen LogP contribution in [0.25, 0.3) is 11.3 Å². The first-order valence-corrected chi connectivity index (χ1v) is 9.24. The van der Waals surface area contributed by atoms with Gasteiger partial charge in [-0.05, 0) is 18.2 Å². The molecule has 3 aromatic rings. The summed E-state index contributed by atoms with van der Waals surface area (Å²) < 4.78 is 0. The minimum absolute atomic E-state index is 0.0767. The van der Waals surface area contributed by atoms with Crippen LogP contribution in [0.15, 0.2) is 42.7 Å². The SMILES string of the molecule is O=C(O)c1cnc(NCCNc2ccc([N+](=O)[O-])cn2)nc1-c1ccc(Cl)c(Cl)c1. The van der Waals surface area contributed by atoms with Crippen LogP contribution in [0.4, 0.5) is 17.5 Å². The first kappa shape index (κ1) is 21.2. The third-order valence-electron chi connectivity index (χ3n) is 3.89. The fourth-order valence-electron chi connectivity index (χ4n) is 2.45. The summed E-state index contributed by atoms with van der Waals surface area (Å²) in [6, 6.07) is 7.55. The van der Waals surface area contributed by atoms with E-state index in [1.54, 1.807) is 12.1 Å². The van der Waals surface area contributed by atoms with E-state index in [0.29, 0.717) is 29.5 Å². The van der Waals surface area contributed by atoms with Crippen molar-refractivity contribution in [3.05, 3.63) is 68.4 Å². The number of rotatable bonds is 8. The predicted molar refractivity (Wildman–Crippen MR) is 112 cm³/mol. The highest BCUT2D eigenvalue weighted by Crippen LogP contribution is 2.29. The number of nitrogens with one attached hydrogen (secondary N) is 2. The van der Waals surface area contributed by atoms with Crippen LogP contribution in [0.2, 0.25) is 10.0 Å². The summed E-state index contributed by atoms with van der Waals surface area (Å²) >= 11 is 12.0. The molecule has 0 atom stereocenters. The number of hydrogen-bond acceptors (Lipinski definition) is 8. The van der Waals surface area contributed by atoms with E-state index in [1.165, 1.54) is 24.4 Å². The van der Waals surface area contributed by atoms with E-state index in [1.807, 2.05) is 0 Å². The highest BCUT2D eigenvalue weighted by molar-refractivity contribution is 6.42. The Morgan fingerprint density at radius 3 is 2.47 bits per heavy atom. The Morgan fingerprint density at radius 2 is 1.83 bits per heavy atom. The van der Waals surface area contributed by atoms with Crippen molar-refractivity contribution >= 4 is 46.6 Å². The Labute approximate surface area is 180 Å². The second-order valence-electron chi connectivity index (χ2n) is 5.90. The van der Waals surface area contributed by atoms with Crippen LogP contribution in [0.1, 0.15) is 10.4 Å². The largest absolute Gasteiger partial charge is 0.478 e. The monoisotopic (exact) mass is 448 g/mol. The number of anilines is 2. The number of benzene rings is 1. The topological polar surface area (TPSA) is 143 Å². The summed E-state index contributed by atoms with van der Waals surface area (Å²) in [6.07, 6.45) is 2.37. The molecule has 3 N–H and O–H groups in total. The second kappa shape index (κ2) is 9.33. The van der Waals surface area contributed by atoms with Gasteiger partial charge in [0.2, 0.25) is 5.95 Å². The molecule has 0 saturated heterocycles. The summed E-state index contributed by atoms with van der Waals surface area (Å²) in [5.41, 5.74) is 0.511. The fourth-order valence-corrected chi connectivity index (χ4v) is 2.75. The van der Waals surface area contributed by atoms with Crippen LogP contribution in [0, 0.1) is 10.1 Å². The molecule has 10 nitrogen and oxygen atoms in total. The fraction of sp³-hybridized carbons (Fsp3) is 0.111. The molecule has 0 amide bonds. The zero-order chi connectivity index (χ0) is 21.7. The number of nitro groups is 1. The maximum Gasteiger partial charge on any atom is 0.339 e.